The molecule has 1 fully saturated rings. The predicted molar refractivity (Wildman–Crippen MR) is 80.7 cm³/mol. The topological polar surface area (TPSA) is 33.2 Å². The zero-order valence-electron chi connectivity index (χ0n) is 12.2. The third-order valence-corrected chi connectivity index (χ3v) is 4.02. The molecule has 0 unspecified atom stereocenters. The van der Waals surface area contributed by atoms with Gasteiger partial charge in [-0.1, -0.05) is 6.07 Å². The average Bonchev–Trinajstić information content (AvgIpc) is 2.89. The van der Waals surface area contributed by atoms with Crippen LogP contribution in [0.15, 0.2) is 30.5 Å². The minimum Gasteiger partial charge on any atom is -0.312 e. The van der Waals surface area contributed by atoms with Crippen molar-refractivity contribution in [1.82, 2.24) is 4.98 Å². The molecule has 3 rings (SSSR count). The van der Waals surface area contributed by atoms with E-state index in [9.17, 15) is 9.18 Å². The Balaban J connectivity index is 2.09. The summed E-state index contributed by atoms with van der Waals surface area (Å²) in [6, 6.07) is 7.24. The first-order valence-corrected chi connectivity index (χ1v) is 7.11. The number of hydrogen-bond donors (Lipinski definition) is 0. The van der Waals surface area contributed by atoms with Gasteiger partial charge >= 0.3 is 0 Å². The van der Waals surface area contributed by atoms with Gasteiger partial charge in [0.1, 0.15) is 5.82 Å². The number of pyridine rings is 1. The molecule has 2 aromatic rings. The fourth-order valence-electron chi connectivity index (χ4n) is 2.85. The standard InChI is InChI=1S/C17H17FN2O/c1-11-15(20-10-4-6-16(20)21)8-7-14(17(11)18)13-5-3-9-19-12(13)2/h3,5,7-9H,4,6,10H2,1-2H3. The van der Waals surface area contributed by atoms with Crippen molar-refractivity contribution in [3.8, 4) is 11.1 Å². The maximum absolute atomic E-state index is 14.7. The van der Waals surface area contributed by atoms with Crippen LogP contribution in [0.4, 0.5) is 10.1 Å². The lowest BCUT2D eigenvalue weighted by atomic mass is 10.00. The summed E-state index contributed by atoms with van der Waals surface area (Å²) in [5.41, 5.74) is 3.32. The van der Waals surface area contributed by atoms with Crippen molar-refractivity contribution in [2.75, 3.05) is 11.4 Å². The van der Waals surface area contributed by atoms with Gasteiger partial charge in [-0.05, 0) is 38.5 Å². The fourth-order valence-corrected chi connectivity index (χ4v) is 2.85. The molecule has 0 aliphatic carbocycles. The van der Waals surface area contributed by atoms with Gasteiger partial charge in [0.15, 0.2) is 0 Å². The minimum atomic E-state index is -0.275. The van der Waals surface area contributed by atoms with Crippen LogP contribution in [0.3, 0.4) is 0 Å². The summed E-state index contributed by atoms with van der Waals surface area (Å²) in [7, 11) is 0. The van der Waals surface area contributed by atoms with Gasteiger partial charge < -0.3 is 4.90 Å². The molecule has 3 nitrogen and oxygen atoms in total. The number of nitrogens with zero attached hydrogens (tertiary/aromatic N) is 2. The number of carbonyl (C=O) groups excluding carboxylic acids is 1. The van der Waals surface area contributed by atoms with E-state index in [2.05, 4.69) is 4.98 Å². The Morgan fingerprint density at radius 2 is 2.00 bits per heavy atom. The maximum Gasteiger partial charge on any atom is 0.227 e. The van der Waals surface area contributed by atoms with Crippen LogP contribution in [-0.4, -0.2) is 17.4 Å². The van der Waals surface area contributed by atoms with E-state index >= 15 is 0 Å². The number of halogens is 1. The quantitative estimate of drug-likeness (QED) is 0.843. The van der Waals surface area contributed by atoms with Gasteiger partial charge in [0.2, 0.25) is 5.91 Å². The van der Waals surface area contributed by atoms with Crippen molar-refractivity contribution in [2.24, 2.45) is 0 Å². The van der Waals surface area contributed by atoms with Crippen molar-refractivity contribution < 1.29 is 9.18 Å². The van der Waals surface area contributed by atoms with E-state index in [1.807, 2.05) is 19.1 Å². The third kappa shape index (κ3) is 2.31. The molecule has 4 heteroatoms. The molecule has 0 saturated carbocycles. The lowest BCUT2D eigenvalue weighted by Gasteiger charge is -2.20. The number of anilines is 1. The van der Waals surface area contributed by atoms with E-state index in [0.29, 0.717) is 29.8 Å². The van der Waals surface area contributed by atoms with Crippen LogP contribution in [0.2, 0.25) is 0 Å². The van der Waals surface area contributed by atoms with E-state index < -0.39 is 0 Å². The number of rotatable bonds is 2. The lowest BCUT2D eigenvalue weighted by molar-refractivity contribution is -0.117. The molecule has 0 radical (unpaired) electrons. The summed E-state index contributed by atoms with van der Waals surface area (Å²) in [6.45, 7) is 4.26. The molecule has 108 valence electrons. The number of aryl methyl sites for hydroxylation is 1. The van der Waals surface area contributed by atoms with Gasteiger partial charge in [-0.15, -0.1) is 0 Å². The van der Waals surface area contributed by atoms with Crippen LogP contribution in [0.5, 0.6) is 0 Å². The van der Waals surface area contributed by atoms with Gasteiger partial charge in [-0.2, -0.15) is 0 Å². The zero-order chi connectivity index (χ0) is 15.0. The molecule has 21 heavy (non-hydrogen) atoms. The average molecular weight is 284 g/mol. The summed E-state index contributed by atoms with van der Waals surface area (Å²) in [6.07, 6.45) is 3.08. The van der Waals surface area contributed by atoms with Crippen LogP contribution < -0.4 is 4.90 Å². The Morgan fingerprint density at radius 3 is 2.67 bits per heavy atom. The maximum atomic E-state index is 14.7. The second-order valence-corrected chi connectivity index (χ2v) is 5.36. The van der Waals surface area contributed by atoms with Gasteiger partial charge in [-0.3, -0.25) is 9.78 Å². The van der Waals surface area contributed by atoms with Crippen molar-refractivity contribution in [1.29, 1.82) is 0 Å². The van der Waals surface area contributed by atoms with Gasteiger partial charge in [-0.25, -0.2) is 4.39 Å². The van der Waals surface area contributed by atoms with Crippen molar-refractivity contribution >= 4 is 11.6 Å². The largest absolute Gasteiger partial charge is 0.312 e. The normalized spacial score (nSPS) is 14.8. The smallest absolute Gasteiger partial charge is 0.227 e. The first kappa shape index (κ1) is 13.7. The van der Waals surface area contributed by atoms with Crippen LogP contribution in [0.1, 0.15) is 24.1 Å². The summed E-state index contributed by atoms with van der Waals surface area (Å²) >= 11 is 0. The number of amides is 1. The second-order valence-electron chi connectivity index (χ2n) is 5.36. The van der Waals surface area contributed by atoms with E-state index in [1.54, 1.807) is 30.2 Å². The minimum absolute atomic E-state index is 0.0720. The Bertz CT molecular complexity index is 712. The Kier molecular flexibility index (Phi) is 3.45. The molecule has 0 bridgehead atoms. The van der Waals surface area contributed by atoms with Crippen LogP contribution in [0.25, 0.3) is 11.1 Å². The molecule has 1 aromatic carbocycles. The van der Waals surface area contributed by atoms with Gasteiger partial charge in [0, 0.05) is 47.2 Å². The molecule has 0 N–H and O–H groups in total. The van der Waals surface area contributed by atoms with Crippen molar-refractivity contribution in [3.63, 3.8) is 0 Å². The summed E-state index contributed by atoms with van der Waals surface area (Å²) in [5, 5.41) is 0. The molecule has 2 heterocycles. The molecular weight excluding hydrogens is 267 g/mol. The Morgan fingerprint density at radius 1 is 1.19 bits per heavy atom. The Labute approximate surface area is 123 Å². The third-order valence-electron chi connectivity index (χ3n) is 4.02. The summed E-state index contributed by atoms with van der Waals surface area (Å²) in [4.78, 5) is 17.7. The molecule has 0 atom stereocenters. The van der Waals surface area contributed by atoms with Crippen LogP contribution >= 0.6 is 0 Å². The molecule has 1 aromatic heterocycles. The number of hydrogen-bond acceptors (Lipinski definition) is 2. The molecule has 1 amide bonds. The predicted octanol–water partition coefficient (Wildman–Crippen LogP) is 3.63. The van der Waals surface area contributed by atoms with Gasteiger partial charge in [0.05, 0.1) is 0 Å². The highest BCUT2D eigenvalue weighted by Gasteiger charge is 2.25. The van der Waals surface area contributed by atoms with Gasteiger partial charge in [0.25, 0.3) is 0 Å². The van der Waals surface area contributed by atoms with Crippen LogP contribution in [0, 0.1) is 19.7 Å². The SMILES string of the molecule is Cc1ncccc1-c1ccc(N2CCCC2=O)c(C)c1F. The second kappa shape index (κ2) is 5.28. The highest BCUT2D eigenvalue weighted by Crippen LogP contribution is 2.33. The first-order valence-electron chi connectivity index (χ1n) is 7.11. The van der Waals surface area contributed by atoms with E-state index in [1.165, 1.54) is 0 Å². The highest BCUT2D eigenvalue weighted by molar-refractivity contribution is 5.96. The Hall–Kier alpha value is -2.23. The molecule has 1 aliphatic heterocycles. The molecule has 1 aliphatic rings. The van der Waals surface area contributed by atoms with E-state index in [-0.39, 0.29) is 11.7 Å². The molecular formula is C17H17FN2O. The fraction of sp³-hybridized carbons (Fsp3) is 0.294. The lowest BCUT2D eigenvalue weighted by Crippen LogP contribution is -2.24. The number of benzene rings is 1. The van der Waals surface area contributed by atoms with Crippen molar-refractivity contribution in [3.05, 3.63) is 47.5 Å². The van der Waals surface area contributed by atoms with Crippen molar-refractivity contribution in [2.45, 2.75) is 26.7 Å². The molecule has 1 saturated heterocycles. The summed E-state index contributed by atoms with van der Waals surface area (Å²) < 4.78 is 14.7. The number of aromatic nitrogens is 1. The zero-order valence-corrected chi connectivity index (χ0v) is 12.2. The monoisotopic (exact) mass is 284 g/mol. The highest BCUT2D eigenvalue weighted by atomic mass is 19.1. The summed E-state index contributed by atoms with van der Waals surface area (Å²) in [5.74, 6) is -0.203. The first-order chi connectivity index (χ1) is 10.1. The van der Waals surface area contributed by atoms with E-state index in [4.69, 9.17) is 0 Å². The number of carbonyl (C=O) groups is 1. The van der Waals surface area contributed by atoms with Crippen LogP contribution in [-0.2, 0) is 4.79 Å². The van der Waals surface area contributed by atoms with E-state index in [0.717, 1.165) is 17.7 Å². The molecule has 0 spiro atoms.